The molecule has 1 aliphatic rings. The Morgan fingerprint density at radius 3 is 2.55 bits per heavy atom. The van der Waals surface area contributed by atoms with E-state index in [4.69, 9.17) is 4.74 Å². The van der Waals surface area contributed by atoms with Crippen LogP contribution < -0.4 is 10.1 Å². The third kappa shape index (κ3) is 5.34. The number of carbonyl (C=O) groups excluding carboxylic acids is 2. The average molecular weight is 396 g/mol. The first-order chi connectivity index (χ1) is 14.0. The first-order valence-electron chi connectivity index (χ1n) is 10.1. The van der Waals surface area contributed by atoms with Crippen LogP contribution in [0, 0.1) is 26.7 Å². The average Bonchev–Trinajstić information content (AvgIpc) is 2.75. The number of hydrogen-bond acceptors (Lipinski definition) is 4. The number of nitrogens with zero attached hydrogens (tertiary/aromatic N) is 2. The van der Waals surface area contributed by atoms with Crippen LogP contribution >= 0.6 is 0 Å². The molecule has 1 N–H and O–H groups in total. The summed E-state index contributed by atoms with van der Waals surface area (Å²) in [5.41, 5.74) is 3.86. The smallest absolute Gasteiger partial charge is 0.260 e. The SMILES string of the molecule is Cc1ccc(C)c(OCC(=O)N2CCC(CNC(=O)c3cccnc3)CC2)c1C. The van der Waals surface area contributed by atoms with E-state index in [1.807, 2.05) is 31.7 Å². The second-order valence-electron chi connectivity index (χ2n) is 7.72. The molecule has 0 atom stereocenters. The van der Waals surface area contributed by atoms with Gasteiger partial charge in [-0.2, -0.15) is 0 Å². The summed E-state index contributed by atoms with van der Waals surface area (Å²) in [6.07, 6.45) is 4.96. The van der Waals surface area contributed by atoms with Gasteiger partial charge in [-0.3, -0.25) is 14.6 Å². The second kappa shape index (κ2) is 9.54. The summed E-state index contributed by atoms with van der Waals surface area (Å²) in [6, 6.07) is 7.59. The molecule has 3 rings (SSSR count). The number of carbonyl (C=O) groups is 2. The maximum atomic E-state index is 12.6. The lowest BCUT2D eigenvalue weighted by Crippen LogP contribution is -2.43. The predicted octanol–water partition coefficient (Wildman–Crippen LogP) is 3.05. The van der Waals surface area contributed by atoms with Crippen molar-refractivity contribution in [2.45, 2.75) is 33.6 Å². The molecule has 0 unspecified atom stereocenters. The number of rotatable bonds is 6. The van der Waals surface area contributed by atoms with E-state index in [1.165, 1.54) is 0 Å². The van der Waals surface area contributed by atoms with Gasteiger partial charge in [0, 0.05) is 32.0 Å². The lowest BCUT2D eigenvalue weighted by molar-refractivity contribution is -0.134. The first kappa shape index (κ1) is 20.8. The van der Waals surface area contributed by atoms with Gasteiger partial charge < -0.3 is 15.0 Å². The zero-order chi connectivity index (χ0) is 20.8. The molecule has 0 spiro atoms. The van der Waals surface area contributed by atoms with Gasteiger partial charge in [0.2, 0.25) is 0 Å². The summed E-state index contributed by atoms with van der Waals surface area (Å²) in [5.74, 6) is 1.10. The molecule has 1 fully saturated rings. The Labute approximate surface area is 172 Å². The van der Waals surface area contributed by atoms with Gasteiger partial charge in [-0.1, -0.05) is 12.1 Å². The normalized spacial score (nSPS) is 14.5. The van der Waals surface area contributed by atoms with E-state index in [0.29, 0.717) is 31.1 Å². The minimum absolute atomic E-state index is 0.0168. The maximum absolute atomic E-state index is 12.6. The molecule has 154 valence electrons. The second-order valence-corrected chi connectivity index (χ2v) is 7.72. The number of pyridine rings is 1. The fourth-order valence-corrected chi connectivity index (χ4v) is 3.60. The minimum Gasteiger partial charge on any atom is -0.483 e. The number of amides is 2. The molecule has 29 heavy (non-hydrogen) atoms. The Morgan fingerprint density at radius 1 is 1.14 bits per heavy atom. The molecule has 0 bridgehead atoms. The van der Waals surface area contributed by atoms with Gasteiger partial charge in [-0.15, -0.1) is 0 Å². The standard InChI is InChI=1S/C23H29N3O3/c1-16-6-7-17(2)22(18(16)3)29-15-21(27)26-11-8-19(9-12-26)13-25-23(28)20-5-4-10-24-14-20/h4-7,10,14,19H,8-9,11-13,15H2,1-3H3,(H,25,28). The van der Waals surface area contributed by atoms with E-state index >= 15 is 0 Å². The Hall–Kier alpha value is -2.89. The summed E-state index contributed by atoms with van der Waals surface area (Å²) in [5, 5.41) is 2.97. The molecular formula is C23H29N3O3. The van der Waals surface area contributed by atoms with Crippen LogP contribution in [0.3, 0.4) is 0 Å². The lowest BCUT2D eigenvalue weighted by Gasteiger charge is -2.32. The van der Waals surface area contributed by atoms with Crippen molar-refractivity contribution in [3.63, 3.8) is 0 Å². The van der Waals surface area contributed by atoms with Crippen LogP contribution in [0.4, 0.5) is 0 Å². The molecule has 0 aliphatic carbocycles. The molecule has 2 heterocycles. The number of piperidine rings is 1. The van der Waals surface area contributed by atoms with Crippen molar-refractivity contribution in [2.75, 3.05) is 26.2 Å². The third-order valence-electron chi connectivity index (χ3n) is 5.66. The molecule has 1 saturated heterocycles. The van der Waals surface area contributed by atoms with Crippen molar-refractivity contribution in [1.82, 2.24) is 15.2 Å². The molecule has 1 aromatic heterocycles. The fraction of sp³-hybridized carbons (Fsp3) is 0.435. The van der Waals surface area contributed by atoms with E-state index in [-0.39, 0.29) is 18.4 Å². The van der Waals surface area contributed by atoms with Gasteiger partial charge in [0.25, 0.3) is 11.8 Å². The zero-order valence-electron chi connectivity index (χ0n) is 17.4. The molecule has 0 saturated carbocycles. The topological polar surface area (TPSA) is 71.5 Å². The highest BCUT2D eigenvalue weighted by molar-refractivity contribution is 5.93. The Balaban J connectivity index is 1.43. The van der Waals surface area contributed by atoms with Gasteiger partial charge >= 0.3 is 0 Å². The third-order valence-corrected chi connectivity index (χ3v) is 5.66. The Kier molecular flexibility index (Phi) is 6.86. The summed E-state index contributed by atoms with van der Waals surface area (Å²) in [6.45, 7) is 8.14. The minimum atomic E-state index is -0.103. The van der Waals surface area contributed by atoms with Crippen molar-refractivity contribution in [1.29, 1.82) is 0 Å². The zero-order valence-corrected chi connectivity index (χ0v) is 17.4. The molecule has 2 amide bonds. The molecular weight excluding hydrogens is 366 g/mol. The number of ether oxygens (including phenoxy) is 1. The number of nitrogens with one attached hydrogen (secondary N) is 1. The van der Waals surface area contributed by atoms with E-state index in [2.05, 4.69) is 16.4 Å². The lowest BCUT2D eigenvalue weighted by atomic mass is 9.96. The van der Waals surface area contributed by atoms with Crippen molar-refractivity contribution in [2.24, 2.45) is 5.92 Å². The number of aryl methyl sites for hydroxylation is 2. The van der Waals surface area contributed by atoms with Gasteiger partial charge in [-0.25, -0.2) is 0 Å². The molecule has 0 radical (unpaired) electrons. The van der Waals surface area contributed by atoms with Gasteiger partial charge in [0.05, 0.1) is 5.56 Å². The van der Waals surface area contributed by atoms with Gasteiger partial charge in [0.15, 0.2) is 6.61 Å². The molecule has 1 aliphatic heterocycles. The van der Waals surface area contributed by atoms with Gasteiger partial charge in [-0.05, 0) is 68.4 Å². The number of aromatic nitrogens is 1. The van der Waals surface area contributed by atoms with Crippen molar-refractivity contribution in [3.8, 4) is 5.75 Å². The van der Waals surface area contributed by atoms with Gasteiger partial charge in [0.1, 0.15) is 5.75 Å². The van der Waals surface area contributed by atoms with E-state index in [9.17, 15) is 9.59 Å². The monoisotopic (exact) mass is 395 g/mol. The maximum Gasteiger partial charge on any atom is 0.260 e. The van der Waals surface area contributed by atoms with Crippen LogP contribution in [0.25, 0.3) is 0 Å². The first-order valence-corrected chi connectivity index (χ1v) is 10.1. The van der Waals surface area contributed by atoms with Crippen molar-refractivity contribution >= 4 is 11.8 Å². The number of benzene rings is 1. The number of hydrogen-bond donors (Lipinski definition) is 1. The van der Waals surface area contributed by atoms with E-state index in [1.54, 1.807) is 24.5 Å². The van der Waals surface area contributed by atoms with Crippen LogP contribution in [-0.2, 0) is 4.79 Å². The molecule has 6 nitrogen and oxygen atoms in total. The Morgan fingerprint density at radius 2 is 1.86 bits per heavy atom. The Bertz CT molecular complexity index is 859. The highest BCUT2D eigenvalue weighted by atomic mass is 16.5. The van der Waals surface area contributed by atoms with E-state index < -0.39 is 0 Å². The molecule has 2 aromatic rings. The molecule has 6 heteroatoms. The van der Waals surface area contributed by atoms with Crippen molar-refractivity contribution < 1.29 is 14.3 Å². The summed E-state index contributed by atoms with van der Waals surface area (Å²) in [7, 11) is 0. The summed E-state index contributed by atoms with van der Waals surface area (Å²) >= 11 is 0. The van der Waals surface area contributed by atoms with E-state index in [0.717, 1.165) is 35.3 Å². The number of likely N-dealkylation sites (tertiary alicyclic amines) is 1. The summed E-state index contributed by atoms with van der Waals surface area (Å²) in [4.78, 5) is 30.5. The van der Waals surface area contributed by atoms with Crippen LogP contribution in [0.1, 0.15) is 39.9 Å². The fourth-order valence-electron chi connectivity index (χ4n) is 3.60. The van der Waals surface area contributed by atoms with Crippen LogP contribution in [0.5, 0.6) is 5.75 Å². The predicted molar refractivity (Wildman–Crippen MR) is 112 cm³/mol. The van der Waals surface area contributed by atoms with Crippen molar-refractivity contribution in [3.05, 3.63) is 58.9 Å². The van der Waals surface area contributed by atoms with Crippen LogP contribution in [-0.4, -0.2) is 47.9 Å². The largest absolute Gasteiger partial charge is 0.483 e. The highest BCUT2D eigenvalue weighted by Crippen LogP contribution is 2.26. The summed E-state index contributed by atoms with van der Waals surface area (Å²) < 4.78 is 5.86. The van der Waals surface area contributed by atoms with Crippen LogP contribution in [0.2, 0.25) is 0 Å². The quantitative estimate of drug-likeness (QED) is 0.816. The molecule has 1 aromatic carbocycles. The van der Waals surface area contributed by atoms with Crippen LogP contribution in [0.15, 0.2) is 36.7 Å². The highest BCUT2D eigenvalue weighted by Gasteiger charge is 2.24.